The molecule has 0 spiro atoms. The summed E-state index contributed by atoms with van der Waals surface area (Å²) in [5.41, 5.74) is 7.27. The van der Waals surface area contributed by atoms with Crippen molar-refractivity contribution < 1.29 is 18.7 Å². The Morgan fingerprint density at radius 1 is 1.28 bits per heavy atom. The first-order valence-electron chi connectivity index (χ1n) is 8.15. The molecule has 0 saturated carbocycles. The molecule has 0 aliphatic heterocycles. The van der Waals surface area contributed by atoms with Crippen molar-refractivity contribution in [1.29, 1.82) is 0 Å². The van der Waals surface area contributed by atoms with Crippen molar-refractivity contribution in [2.45, 2.75) is 32.8 Å². The minimum atomic E-state index is -0.839. The van der Waals surface area contributed by atoms with E-state index in [0.717, 1.165) is 16.7 Å². The average Bonchev–Trinajstić information content (AvgIpc) is 2.72. The summed E-state index contributed by atoms with van der Waals surface area (Å²) in [5, 5.41) is 0. The van der Waals surface area contributed by atoms with Crippen LogP contribution >= 0.6 is 0 Å². The summed E-state index contributed by atoms with van der Waals surface area (Å²) in [4.78, 5) is 11.4. The number of hydrogen-bond donors (Lipinski definition) is 1. The van der Waals surface area contributed by atoms with E-state index < -0.39 is 17.1 Å². The lowest BCUT2D eigenvalue weighted by atomic mass is 9.75. The SMILES string of the molecule is COc1ccc(C2=CC3=CC(C)(C)[C@@](C)(OC(N)=O)C3=CC2)c(F)c1. The van der Waals surface area contributed by atoms with Crippen LogP contribution in [-0.2, 0) is 4.74 Å². The molecule has 132 valence electrons. The van der Waals surface area contributed by atoms with Crippen molar-refractivity contribution in [2.75, 3.05) is 7.11 Å². The van der Waals surface area contributed by atoms with Gasteiger partial charge in [-0.15, -0.1) is 0 Å². The van der Waals surface area contributed by atoms with Gasteiger partial charge in [0, 0.05) is 17.0 Å². The maximum absolute atomic E-state index is 14.4. The lowest BCUT2D eigenvalue weighted by Crippen LogP contribution is -2.44. The topological polar surface area (TPSA) is 61.6 Å². The van der Waals surface area contributed by atoms with Crippen LogP contribution in [-0.4, -0.2) is 18.8 Å². The number of carbonyl (C=O) groups excluding carboxylic acids is 1. The Labute approximate surface area is 146 Å². The van der Waals surface area contributed by atoms with E-state index >= 15 is 0 Å². The zero-order chi connectivity index (χ0) is 18.4. The monoisotopic (exact) mass is 343 g/mol. The lowest BCUT2D eigenvalue weighted by molar-refractivity contribution is 0.00172. The molecule has 0 aromatic heterocycles. The molecule has 2 N–H and O–H groups in total. The van der Waals surface area contributed by atoms with E-state index in [0.29, 0.717) is 17.7 Å². The van der Waals surface area contributed by atoms with E-state index in [1.54, 1.807) is 12.1 Å². The number of amides is 1. The van der Waals surface area contributed by atoms with Crippen LogP contribution in [0, 0.1) is 11.2 Å². The zero-order valence-electron chi connectivity index (χ0n) is 14.9. The van der Waals surface area contributed by atoms with Crippen molar-refractivity contribution in [3.8, 4) is 5.75 Å². The fourth-order valence-electron chi connectivity index (χ4n) is 3.58. The number of ether oxygens (including phenoxy) is 2. The van der Waals surface area contributed by atoms with E-state index in [2.05, 4.69) is 0 Å². The second kappa shape index (κ2) is 5.76. The van der Waals surface area contributed by atoms with Gasteiger partial charge in [-0.25, -0.2) is 9.18 Å². The van der Waals surface area contributed by atoms with Gasteiger partial charge in [-0.1, -0.05) is 32.1 Å². The number of allylic oxidation sites excluding steroid dienone is 3. The van der Waals surface area contributed by atoms with Crippen LogP contribution in [0.5, 0.6) is 5.75 Å². The molecular formula is C20H22FNO3. The largest absolute Gasteiger partial charge is 0.497 e. The molecule has 1 atom stereocenters. The number of methoxy groups -OCH3 is 1. The summed E-state index contributed by atoms with van der Waals surface area (Å²) >= 11 is 0. The third-order valence-electron chi connectivity index (χ3n) is 5.25. The van der Waals surface area contributed by atoms with Crippen molar-refractivity contribution in [1.82, 2.24) is 0 Å². The molecule has 0 radical (unpaired) electrons. The molecule has 0 unspecified atom stereocenters. The van der Waals surface area contributed by atoms with Crippen LogP contribution in [0.15, 0.2) is 47.6 Å². The van der Waals surface area contributed by atoms with Crippen LogP contribution in [0.2, 0.25) is 0 Å². The van der Waals surface area contributed by atoms with Crippen LogP contribution in [0.1, 0.15) is 32.8 Å². The van der Waals surface area contributed by atoms with E-state index in [9.17, 15) is 9.18 Å². The summed E-state index contributed by atoms with van der Waals surface area (Å²) < 4.78 is 24.9. The Morgan fingerprint density at radius 3 is 2.60 bits per heavy atom. The molecule has 3 rings (SSSR count). The van der Waals surface area contributed by atoms with Gasteiger partial charge in [-0.2, -0.15) is 0 Å². The van der Waals surface area contributed by atoms with Crippen LogP contribution in [0.25, 0.3) is 5.57 Å². The van der Waals surface area contributed by atoms with Crippen molar-refractivity contribution in [2.24, 2.45) is 11.1 Å². The van der Waals surface area contributed by atoms with E-state index in [4.69, 9.17) is 15.2 Å². The highest BCUT2D eigenvalue weighted by atomic mass is 19.1. The highest BCUT2D eigenvalue weighted by molar-refractivity contribution is 5.77. The molecule has 0 heterocycles. The van der Waals surface area contributed by atoms with Gasteiger partial charge < -0.3 is 15.2 Å². The Morgan fingerprint density at radius 2 is 2.00 bits per heavy atom. The summed E-state index contributed by atoms with van der Waals surface area (Å²) in [5.74, 6) is 0.161. The Kier molecular flexibility index (Phi) is 3.98. The first kappa shape index (κ1) is 17.3. The molecule has 1 amide bonds. The van der Waals surface area contributed by atoms with Gasteiger partial charge in [0.05, 0.1) is 7.11 Å². The van der Waals surface area contributed by atoms with E-state index in [1.165, 1.54) is 13.2 Å². The molecule has 0 fully saturated rings. The van der Waals surface area contributed by atoms with Crippen molar-refractivity contribution >= 4 is 11.7 Å². The molecule has 0 saturated heterocycles. The van der Waals surface area contributed by atoms with Gasteiger partial charge in [-0.05, 0) is 42.2 Å². The lowest BCUT2D eigenvalue weighted by Gasteiger charge is -2.38. The molecule has 5 heteroatoms. The third kappa shape index (κ3) is 2.73. The quantitative estimate of drug-likeness (QED) is 0.886. The van der Waals surface area contributed by atoms with Gasteiger partial charge in [0.2, 0.25) is 0 Å². The average molecular weight is 343 g/mol. The number of rotatable bonds is 3. The summed E-state index contributed by atoms with van der Waals surface area (Å²) in [7, 11) is 1.51. The Hall–Kier alpha value is -2.56. The van der Waals surface area contributed by atoms with Crippen molar-refractivity contribution in [3.05, 3.63) is 59.0 Å². The number of benzene rings is 1. The second-order valence-corrected chi connectivity index (χ2v) is 7.11. The first-order chi connectivity index (χ1) is 11.7. The third-order valence-corrected chi connectivity index (χ3v) is 5.25. The second-order valence-electron chi connectivity index (χ2n) is 7.11. The standard InChI is InChI=1S/C20H22FNO3/c1-19(2)11-13-9-12(15-7-6-14(24-4)10-17(15)21)5-8-16(13)20(19,3)25-18(22)23/h6-11H,5H2,1-4H3,(H2,22,23)/t20-/m0/s1. The number of carbonyl (C=O) groups is 1. The fraction of sp³-hybridized carbons (Fsp3) is 0.350. The van der Waals surface area contributed by atoms with Gasteiger partial charge in [0.25, 0.3) is 0 Å². The van der Waals surface area contributed by atoms with Gasteiger partial charge in [-0.3, -0.25) is 0 Å². The molecule has 4 nitrogen and oxygen atoms in total. The fourth-order valence-corrected chi connectivity index (χ4v) is 3.58. The van der Waals surface area contributed by atoms with E-state index in [-0.39, 0.29) is 5.82 Å². The predicted octanol–water partition coefficient (Wildman–Crippen LogP) is 4.37. The molecular weight excluding hydrogens is 321 g/mol. The Bertz CT molecular complexity index is 835. The first-order valence-corrected chi connectivity index (χ1v) is 8.15. The van der Waals surface area contributed by atoms with Crippen molar-refractivity contribution in [3.63, 3.8) is 0 Å². The molecule has 1 aromatic rings. The number of fused-ring (bicyclic) bond motifs is 1. The number of primary amides is 1. The smallest absolute Gasteiger partial charge is 0.405 e. The number of halogens is 1. The maximum Gasteiger partial charge on any atom is 0.405 e. The Balaban J connectivity index is 1.99. The van der Waals surface area contributed by atoms with Gasteiger partial charge >= 0.3 is 6.09 Å². The highest BCUT2D eigenvalue weighted by Crippen LogP contribution is 2.53. The summed E-state index contributed by atoms with van der Waals surface area (Å²) in [6.45, 7) is 5.84. The maximum atomic E-state index is 14.4. The minimum Gasteiger partial charge on any atom is -0.497 e. The number of nitrogens with two attached hydrogens (primary N) is 1. The molecule has 25 heavy (non-hydrogen) atoms. The van der Waals surface area contributed by atoms with Crippen LogP contribution < -0.4 is 10.5 Å². The minimum absolute atomic E-state index is 0.323. The summed E-state index contributed by atoms with van der Waals surface area (Å²) in [6, 6.07) is 4.84. The van der Waals surface area contributed by atoms with Crippen LogP contribution in [0.4, 0.5) is 9.18 Å². The molecule has 2 aliphatic carbocycles. The van der Waals surface area contributed by atoms with E-state index in [1.807, 2.05) is 39.0 Å². The molecule has 2 aliphatic rings. The van der Waals surface area contributed by atoms with Crippen LogP contribution in [0.3, 0.4) is 0 Å². The summed E-state index contributed by atoms with van der Waals surface area (Å²) in [6.07, 6.45) is 5.73. The van der Waals surface area contributed by atoms with Gasteiger partial charge in [0.15, 0.2) is 0 Å². The highest BCUT2D eigenvalue weighted by Gasteiger charge is 2.51. The zero-order valence-corrected chi connectivity index (χ0v) is 14.9. The number of hydrogen-bond acceptors (Lipinski definition) is 3. The predicted molar refractivity (Wildman–Crippen MR) is 94.6 cm³/mol. The molecule has 1 aromatic carbocycles. The molecule has 0 bridgehead atoms. The normalized spacial score (nSPS) is 24.0. The van der Waals surface area contributed by atoms with Gasteiger partial charge in [0.1, 0.15) is 17.2 Å².